The lowest BCUT2D eigenvalue weighted by Crippen LogP contribution is -2.59. The number of anilines is 3. The van der Waals surface area contributed by atoms with Crippen LogP contribution in [-0.4, -0.2) is 65.9 Å². The number of nitrogens with one attached hydrogen (secondary N) is 1. The smallest absolute Gasteiger partial charge is 0.335 e. The lowest BCUT2D eigenvalue weighted by atomic mass is 9.73. The topological polar surface area (TPSA) is 124 Å². The van der Waals surface area contributed by atoms with E-state index >= 15 is 0 Å². The van der Waals surface area contributed by atoms with Crippen LogP contribution < -0.4 is 15.1 Å². The van der Waals surface area contributed by atoms with Gasteiger partial charge in [-0.15, -0.1) is 0 Å². The Morgan fingerprint density at radius 1 is 0.936 bits per heavy atom. The number of carbonyl (C=O) groups excluding carboxylic acids is 2. The molecule has 0 unspecified atom stereocenters. The summed E-state index contributed by atoms with van der Waals surface area (Å²) in [6.07, 6.45) is 3.85. The van der Waals surface area contributed by atoms with Crippen molar-refractivity contribution in [3.63, 3.8) is 0 Å². The number of amides is 2. The van der Waals surface area contributed by atoms with Crippen LogP contribution in [0.5, 0.6) is 0 Å². The monoisotopic (exact) mass is 629 g/mol. The summed E-state index contributed by atoms with van der Waals surface area (Å²) in [5, 5.41) is 12.3. The van der Waals surface area contributed by atoms with Crippen molar-refractivity contribution in [3.05, 3.63) is 113 Å². The van der Waals surface area contributed by atoms with Gasteiger partial charge in [-0.1, -0.05) is 24.3 Å². The molecule has 0 radical (unpaired) electrons. The third-order valence-electron chi connectivity index (χ3n) is 9.35. The van der Waals surface area contributed by atoms with Gasteiger partial charge in [0.05, 0.1) is 34.3 Å². The van der Waals surface area contributed by atoms with Crippen LogP contribution in [-0.2, 0) is 4.74 Å². The number of nitrogens with zero attached hydrogens (tertiary/aromatic N) is 4. The Labute approximate surface area is 272 Å². The number of benzene rings is 3. The first-order valence-electron chi connectivity index (χ1n) is 15.8. The lowest BCUT2D eigenvalue weighted by molar-refractivity contribution is -0.000512. The summed E-state index contributed by atoms with van der Waals surface area (Å²) in [4.78, 5) is 52.4. The van der Waals surface area contributed by atoms with Crippen LogP contribution in [0.25, 0.3) is 0 Å². The summed E-state index contributed by atoms with van der Waals surface area (Å²) in [5.74, 6) is -0.795. The maximum absolute atomic E-state index is 14.1. The molecule has 1 atom stereocenters. The second kappa shape index (κ2) is 12.1. The highest BCUT2D eigenvalue weighted by molar-refractivity contribution is 6.18. The van der Waals surface area contributed by atoms with Crippen molar-refractivity contribution in [3.8, 4) is 0 Å². The SMILES string of the molecule is Cc1cnc(N2CC3(CCOCC3)C2)c(C(=O)Nc2ccc(C(=O)N3c4ccccc4N=C(c4ccc(C(=O)O)cc4)[C@@H]3C)cc2)c1. The van der Waals surface area contributed by atoms with Crippen LogP contribution in [0.2, 0.25) is 0 Å². The number of pyridine rings is 1. The molecule has 2 fully saturated rings. The van der Waals surface area contributed by atoms with Crippen molar-refractivity contribution in [2.24, 2.45) is 10.4 Å². The molecule has 3 aliphatic heterocycles. The molecule has 0 saturated carbocycles. The van der Waals surface area contributed by atoms with E-state index in [2.05, 4.69) is 15.2 Å². The number of fused-ring (bicyclic) bond motifs is 1. The standard InChI is InChI=1S/C37H35N5O5/c1-23-19-29(33(38-20-23)41-21-37(22-41)15-17-47-18-16-37)34(43)39-28-13-11-26(12-14-28)35(44)42-24(2)32(40-30-5-3-4-6-31(30)42)25-7-9-27(10-8-25)36(45)46/h3-14,19-20,24H,15-18,21-22H2,1-2H3,(H,39,43)(H,45,46)/t24-/m0/s1. The molecule has 7 rings (SSSR count). The van der Waals surface area contributed by atoms with E-state index in [1.54, 1.807) is 47.5 Å². The van der Waals surface area contributed by atoms with E-state index < -0.39 is 12.0 Å². The first-order valence-corrected chi connectivity index (χ1v) is 15.8. The highest BCUT2D eigenvalue weighted by Gasteiger charge is 2.45. The van der Waals surface area contributed by atoms with Crippen LogP contribution in [0.4, 0.5) is 22.9 Å². The van der Waals surface area contributed by atoms with E-state index in [-0.39, 0.29) is 22.8 Å². The predicted molar refractivity (Wildman–Crippen MR) is 180 cm³/mol. The van der Waals surface area contributed by atoms with Crippen molar-refractivity contribution in [1.82, 2.24) is 4.98 Å². The quantitative estimate of drug-likeness (QED) is 0.263. The molecule has 2 saturated heterocycles. The second-order valence-electron chi connectivity index (χ2n) is 12.6. The molecule has 2 amide bonds. The number of carbonyl (C=O) groups is 3. The highest BCUT2D eigenvalue weighted by atomic mass is 16.5. The summed E-state index contributed by atoms with van der Waals surface area (Å²) < 4.78 is 5.55. The Balaban J connectivity index is 1.09. The zero-order valence-corrected chi connectivity index (χ0v) is 26.3. The van der Waals surface area contributed by atoms with Crippen molar-refractivity contribution < 1.29 is 24.2 Å². The largest absolute Gasteiger partial charge is 0.478 e. The third-order valence-corrected chi connectivity index (χ3v) is 9.35. The van der Waals surface area contributed by atoms with Crippen LogP contribution in [0.3, 0.4) is 0 Å². The molecule has 1 aromatic heterocycles. The van der Waals surface area contributed by atoms with Crippen LogP contribution in [0, 0.1) is 12.3 Å². The number of rotatable bonds is 6. The average Bonchev–Trinajstić information content (AvgIpc) is 3.07. The number of aromatic carboxylic acids is 1. The number of ether oxygens (including phenoxy) is 1. The normalized spacial score (nSPS) is 18.2. The molecule has 4 aromatic rings. The molecule has 47 heavy (non-hydrogen) atoms. The number of aromatic nitrogens is 1. The molecular formula is C37H35N5O5. The number of aliphatic imine (C=N–C) groups is 1. The Morgan fingerprint density at radius 3 is 2.32 bits per heavy atom. The molecule has 1 spiro atoms. The van der Waals surface area contributed by atoms with E-state index in [1.165, 1.54) is 12.1 Å². The molecule has 0 bridgehead atoms. The molecule has 3 aromatic carbocycles. The van der Waals surface area contributed by atoms with E-state index in [0.29, 0.717) is 39.7 Å². The summed E-state index contributed by atoms with van der Waals surface area (Å²) in [5.41, 5.74) is 5.58. The van der Waals surface area contributed by atoms with E-state index in [9.17, 15) is 19.5 Å². The molecule has 10 nitrogen and oxygen atoms in total. The lowest BCUT2D eigenvalue weighted by Gasteiger charge is -2.53. The zero-order valence-electron chi connectivity index (χ0n) is 26.3. The number of carboxylic acid groups (broad SMARTS) is 1. The molecule has 2 N–H and O–H groups in total. The molecule has 0 aliphatic carbocycles. The minimum absolute atomic E-state index is 0.178. The molecule has 10 heteroatoms. The molecule has 238 valence electrons. The van der Waals surface area contributed by atoms with Crippen LogP contribution >= 0.6 is 0 Å². The zero-order chi connectivity index (χ0) is 32.7. The Morgan fingerprint density at radius 2 is 1.62 bits per heavy atom. The summed E-state index contributed by atoms with van der Waals surface area (Å²) in [6.45, 7) is 7.11. The Kier molecular flexibility index (Phi) is 7.81. The molecule has 4 heterocycles. The summed E-state index contributed by atoms with van der Waals surface area (Å²) >= 11 is 0. The van der Waals surface area contributed by atoms with Crippen molar-refractivity contribution in [1.29, 1.82) is 0 Å². The highest BCUT2D eigenvalue weighted by Crippen LogP contribution is 2.42. The third kappa shape index (κ3) is 5.76. The fraction of sp³-hybridized carbons (Fsp3) is 0.270. The number of hydrogen-bond acceptors (Lipinski definition) is 7. The molecular weight excluding hydrogens is 594 g/mol. The van der Waals surface area contributed by atoms with E-state index in [1.807, 2.05) is 44.2 Å². The fourth-order valence-corrected chi connectivity index (χ4v) is 6.74. The first kappa shape index (κ1) is 30.3. The van der Waals surface area contributed by atoms with E-state index in [0.717, 1.165) is 50.3 Å². The van der Waals surface area contributed by atoms with Gasteiger partial charge in [-0.3, -0.25) is 14.5 Å². The van der Waals surface area contributed by atoms with Gasteiger partial charge in [-0.25, -0.2) is 14.8 Å². The van der Waals surface area contributed by atoms with Crippen LogP contribution in [0.1, 0.15) is 62.0 Å². The van der Waals surface area contributed by atoms with Gasteiger partial charge in [-0.05, 0) is 92.4 Å². The Bertz CT molecular complexity index is 1890. The van der Waals surface area contributed by atoms with Crippen molar-refractivity contribution >= 4 is 46.4 Å². The fourth-order valence-electron chi connectivity index (χ4n) is 6.74. The first-order chi connectivity index (χ1) is 22.7. The van der Waals surface area contributed by atoms with Gasteiger partial charge >= 0.3 is 5.97 Å². The van der Waals surface area contributed by atoms with Gasteiger partial charge in [0.1, 0.15) is 5.82 Å². The maximum Gasteiger partial charge on any atom is 0.335 e. The minimum atomic E-state index is -1.01. The van der Waals surface area contributed by atoms with Gasteiger partial charge < -0.3 is 20.1 Å². The maximum atomic E-state index is 14.1. The van der Waals surface area contributed by atoms with Gasteiger partial charge in [0.15, 0.2) is 0 Å². The van der Waals surface area contributed by atoms with Gasteiger partial charge in [0.25, 0.3) is 11.8 Å². The van der Waals surface area contributed by atoms with Gasteiger partial charge in [0, 0.05) is 49.2 Å². The summed E-state index contributed by atoms with van der Waals surface area (Å²) in [7, 11) is 0. The van der Waals surface area contributed by atoms with Crippen molar-refractivity contribution in [2.75, 3.05) is 41.4 Å². The molecule has 3 aliphatic rings. The predicted octanol–water partition coefficient (Wildman–Crippen LogP) is 6.13. The van der Waals surface area contributed by atoms with Gasteiger partial charge in [0.2, 0.25) is 0 Å². The second-order valence-corrected chi connectivity index (χ2v) is 12.6. The van der Waals surface area contributed by atoms with E-state index in [4.69, 9.17) is 9.73 Å². The Hall–Kier alpha value is -5.35. The number of carboxylic acids is 1. The number of aryl methyl sites for hydroxylation is 1. The minimum Gasteiger partial charge on any atom is -0.478 e. The van der Waals surface area contributed by atoms with Crippen molar-refractivity contribution in [2.45, 2.75) is 32.7 Å². The number of hydrogen-bond donors (Lipinski definition) is 2. The average molecular weight is 630 g/mol. The summed E-state index contributed by atoms with van der Waals surface area (Å²) in [6, 6.07) is 22.3. The number of para-hydroxylation sites is 2. The van der Waals surface area contributed by atoms with Gasteiger partial charge in [-0.2, -0.15) is 0 Å². The van der Waals surface area contributed by atoms with Crippen LogP contribution in [0.15, 0.2) is 90.1 Å².